The molecule has 1 aromatic carbocycles. The summed E-state index contributed by atoms with van der Waals surface area (Å²) in [4.78, 5) is 0. The molecule has 74 valence electrons. The van der Waals surface area contributed by atoms with E-state index >= 15 is 0 Å². The van der Waals surface area contributed by atoms with Gasteiger partial charge in [-0.15, -0.1) is 0 Å². The van der Waals surface area contributed by atoms with Crippen molar-refractivity contribution in [2.45, 2.75) is 6.55 Å². The topological polar surface area (TPSA) is 18.5 Å². The molecule has 0 aromatic heterocycles. The summed E-state index contributed by atoms with van der Waals surface area (Å²) in [6.07, 6.45) is 0. The van der Waals surface area contributed by atoms with Crippen LogP contribution in [0.25, 0.3) is 0 Å². The molecule has 0 radical (unpaired) electrons. The molecule has 1 aromatic rings. The second kappa shape index (κ2) is 5.34. The Hall–Kier alpha value is -0.426. The molecule has 0 atom stereocenters. The molecule has 0 unspecified atom stereocenters. The first-order valence-electron chi connectivity index (χ1n) is 3.89. The smallest absolute Gasteiger partial charge is 0.368 e. The lowest BCUT2D eigenvalue weighted by molar-refractivity contribution is 0.265. The van der Waals surface area contributed by atoms with Crippen molar-refractivity contribution in [2.75, 3.05) is 14.2 Å². The summed E-state index contributed by atoms with van der Waals surface area (Å²) in [5.74, 6) is 0. The summed E-state index contributed by atoms with van der Waals surface area (Å²) in [6.45, 7) is 2.03. The zero-order valence-corrected chi connectivity index (χ0v) is 8.70. The van der Waals surface area contributed by atoms with Crippen molar-refractivity contribution in [2.24, 2.45) is 0 Å². The SMILES string of the molecule is CO[Si](C)(OC)c1ccccc1.[SiH4]. The van der Waals surface area contributed by atoms with Crippen LogP contribution in [0.3, 0.4) is 0 Å². The highest BCUT2D eigenvalue weighted by Crippen LogP contribution is 2.04. The number of benzene rings is 1. The number of hydrogen-bond acceptors (Lipinski definition) is 2. The summed E-state index contributed by atoms with van der Waals surface area (Å²) < 4.78 is 10.8. The minimum absolute atomic E-state index is 0. The second-order valence-corrected chi connectivity index (χ2v) is 6.01. The standard InChI is InChI=1S/C9H14O2Si.H4Si/c1-10-12(3,11-2)9-7-5-4-6-8-9;/h4-8H,1-3H3;1H4. The summed E-state index contributed by atoms with van der Waals surface area (Å²) in [7, 11) is 1.32. The van der Waals surface area contributed by atoms with Gasteiger partial charge in [-0.2, -0.15) is 0 Å². The van der Waals surface area contributed by atoms with E-state index in [1.807, 2.05) is 36.9 Å². The van der Waals surface area contributed by atoms with Gasteiger partial charge < -0.3 is 8.85 Å². The van der Waals surface area contributed by atoms with Crippen LogP contribution in [0.15, 0.2) is 30.3 Å². The average molecular weight is 214 g/mol. The first-order chi connectivity index (χ1) is 5.73. The summed E-state index contributed by atoms with van der Waals surface area (Å²) in [5, 5.41) is 1.16. The van der Waals surface area contributed by atoms with E-state index in [9.17, 15) is 0 Å². The molecule has 0 amide bonds. The van der Waals surface area contributed by atoms with Gasteiger partial charge in [0.05, 0.1) is 0 Å². The van der Waals surface area contributed by atoms with Crippen LogP contribution in [0, 0.1) is 0 Å². The molecule has 0 aliphatic rings. The van der Waals surface area contributed by atoms with E-state index in [4.69, 9.17) is 8.85 Å². The van der Waals surface area contributed by atoms with Gasteiger partial charge in [0, 0.05) is 14.2 Å². The Morgan fingerprint density at radius 1 is 1.00 bits per heavy atom. The lowest BCUT2D eigenvalue weighted by Crippen LogP contribution is -2.49. The second-order valence-electron chi connectivity index (χ2n) is 2.72. The Balaban J connectivity index is 0.00000144. The van der Waals surface area contributed by atoms with Crippen LogP contribution in [0.2, 0.25) is 6.55 Å². The van der Waals surface area contributed by atoms with Crippen molar-refractivity contribution in [3.8, 4) is 0 Å². The molecule has 1 rings (SSSR count). The molecule has 0 bridgehead atoms. The van der Waals surface area contributed by atoms with Crippen LogP contribution in [-0.4, -0.2) is 33.7 Å². The largest absolute Gasteiger partial charge is 0.394 e. The van der Waals surface area contributed by atoms with E-state index in [1.54, 1.807) is 14.2 Å². The van der Waals surface area contributed by atoms with E-state index in [0.29, 0.717) is 0 Å². The zero-order valence-electron chi connectivity index (χ0n) is 7.70. The Kier molecular flexibility index (Phi) is 5.16. The van der Waals surface area contributed by atoms with E-state index in [-0.39, 0.29) is 11.0 Å². The molecule has 0 aliphatic heterocycles. The van der Waals surface area contributed by atoms with Crippen LogP contribution in [0.5, 0.6) is 0 Å². The maximum atomic E-state index is 5.39. The molecule has 0 N–H and O–H groups in total. The molecular formula is C9H18O2Si2. The van der Waals surface area contributed by atoms with E-state index < -0.39 is 8.56 Å². The Labute approximate surface area is 85.2 Å². The van der Waals surface area contributed by atoms with Gasteiger partial charge in [-0.3, -0.25) is 0 Å². The lowest BCUT2D eigenvalue weighted by atomic mass is 10.4. The monoisotopic (exact) mass is 214 g/mol. The average Bonchev–Trinajstić information content (AvgIpc) is 2.18. The van der Waals surface area contributed by atoms with Gasteiger partial charge in [-0.25, -0.2) is 0 Å². The maximum absolute atomic E-state index is 5.39. The third kappa shape index (κ3) is 2.77. The fourth-order valence-electron chi connectivity index (χ4n) is 1.06. The van der Waals surface area contributed by atoms with Gasteiger partial charge in [-0.05, 0) is 22.7 Å². The molecule has 4 heteroatoms. The maximum Gasteiger partial charge on any atom is 0.368 e. The van der Waals surface area contributed by atoms with Crippen molar-refractivity contribution in [3.63, 3.8) is 0 Å². The molecular weight excluding hydrogens is 196 g/mol. The van der Waals surface area contributed by atoms with Crippen molar-refractivity contribution in [1.82, 2.24) is 0 Å². The predicted molar refractivity (Wildman–Crippen MR) is 63.0 cm³/mol. The molecule has 2 nitrogen and oxygen atoms in total. The predicted octanol–water partition coefficient (Wildman–Crippen LogP) is -0.193. The van der Waals surface area contributed by atoms with E-state index in [1.165, 1.54) is 0 Å². The van der Waals surface area contributed by atoms with Gasteiger partial charge in [0.15, 0.2) is 0 Å². The Morgan fingerprint density at radius 2 is 1.46 bits per heavy atom. The molecule has 0 saturated carbocycles. The fraction of sp³-hybridized carbons (Fsp3) is 0.333. The molecule has 13 heavy (non-hydrogen) atoms. The summed E-state index contributed by atoms with van der Waals surface area (Å²) in [6, 6.07) is 10.1. The van der Waals surface area contributed by atoms with Gasteiger partial charge in [0.2, 0.25) is 0 Å². The summed E-state index contributed by atoms with van der Waals surface area (Å²) in [5.41, 5.74) is 0. The van der Waals surface area contributed by atoms with Crippen LogP contribution < -0.4 is 5.19 Å². The lowest BCUT2D eigenvalue weighted by Gasteiger charge is -2.22. The fourth-order valence-corrected chi connectivity index (χ4v) is 2.50. The number of hydrogen-bond donors (Lipinski definition) is 0. The Bertz CT molecular complexity index is 235. The van der Waals surface area contributed by atoms with Gasteiger partial charge in [-0.1, -0.05) is 30.3 Å². The van der Waals surface area contributed by atoms with Crippen molar-refractivity contribution in [1.29, 1.82) is 0 Å². The third-order valence-corrected chi connectivity index (χ3v) is 5.02. The summed E-state index contributed by atoms with van der Waals surface area (Å²) >= 11 is 0. The third-order valence-electron chi connectivity index (χ3n) is 2.08. The number of rotatable bonds is 3. The molecule has 0 aliphatic carbocycles. The molecule has 0 saturated heterocycles. The first-order valence-corrected chi connectivity index (χ1v) is 6.20. The van der Waals surface area contributed by atoms with E-state index in [2.05, 4.69) is 0 Å². The minimum atomic E-state index is -2.07. The van der Waals surface area contributed by atoms with Gasteiger partial charge >= 0.3 is 8.56 Å². The molecule has 0 heterocycles. The highest BCUT2D eigenvalue weighted by molar-refractivity contribution is 6.79. The molecule has 0 spiro atoms. The Morgan fingerprint density at radius 3 is 1.85 bits per heavy atom. The van der Waals surface area contributed by atoms with Gasteiger partial charge in [0.1, 0.15) is 0 Å². The van der Waals surface area contributed by atoms with Crippen molar-refractivity contribution in [3.05, 3.63) is 30.3 Å². The quantitative estimate of drug-likeness (QED) is 0.649. The highest BCUT2D eigenvalue weighted by atomic mass is 28.4. The zero-order chi connectivity index (χ0) is 9.03. The molecule has 0 fully saturated rings. The normalized spacial score (nSPS) is 10.7. The first kappa shape index (κ1) is 12.6. The van der Waals surface area contributed by atoms with Crippen LogP contribution in [0.4, 0.5) is 0 Å². The van der Waals surface area contributed by atoms with Crippen LogP contribution in [0.1, 0.15) is 0 Å². The van der Waals surface area contributed by atoms with Crippen molar-refractivity contribution < 1.29 is 8.85 Å². The van der Waals surface area contributed by atoms with E-state index in [0.717, 1.165) is 5.19 Å². The van der Waals surface area contributed by atoms with Crippen LogP contribution >= 0.6 is 0 Å². The van der Waals surface area contributed by atoms with Crippen molar-refractivity contribution >= 4 is 24.7 Å². The van der Waals surface area contributed by atoms with Gasteiger partial charge in [0.25, 0.3) is 0 Å². The van der Waals surface area contributed by atoms with Crippen LogP contribution in [-0.2, 0) is 8.85 Å². The minimum Gasteiger partial charge on any atom is -0.394 e. The highest BCUT2D eigenvalue weighted by Gasteiger charge is 2.30.